The zero-order valence-corrected chi connectivity index (χ0v) is 17.9. The molecule has 1 amide bonds. The van der Waals surface area contributed by atoms with E-state index in [1.54, 1.807) is 11.0 Å². The van der Waals surface area contributed by atoms with Gasteiger partial charge in [-0.3, -0.25) is 9.59 Å². The molecule has 2 aliphatic rings. The predicted octanol–water partition coefficient (Wildman–Crippen LogP) is 1.32. The number of nitrogens with zero attached hydrogens (tertiary/aromatic N) is 1. The van der Waals surface area contributed by atoms with Crippen LogP contribution in [0, 0.1) is 5.92 Å². The molecule has 0 saturated carbocycles. The Hall–Kier alpha value is -2.33. The molecule has 1 atom stereocenters. The van der Waals surface area contributed by atoms with Gasteiger partial charge in [-0.2, -0.15) is 0 Å². The second kappa shape index (κ2) is 10.1. The average Bonchev–Trinajstić information content (AvgIpc) is 2.74. The number of fused-ring (bicyclic) bond motifs is 1. The van der Waals surface area contributed by atoms with Gasteiger partial charge < -0.3 is 19.1 Å². The molecule has 0 aliphatic carbocycles. The molecule has 0 aromatic heterocycles. The first-order valence-corrected chi connectivity index (χ1v) is 11.7. The van der Waals surface area contributed by atoms with Crippen molar-refractivity contribution in [2.75, 3.05) is 39.5 Å². The van der Waals surface area contributed by atoms with Gasteiger partial charge in [0.1, 0.15) is 13.2 Å². The molecule has 1 aromatic carbocycles. The van der Waals surface area contributed by atoms with Crippen LogP contribution in [0.3, 0.4) is 0 Å². The summed E-state index contributed by atoms with van der Waals surface area (Å²) in [6, 6.07) is 4.41. The minimum atomic E-state index is -3.74. The van der Waals surface area contributed by atoms with Gasteiger partial charge in [-0.1, -0.05) is 6.92 Å². The van der Waals surface area contributed by atoms with Crippen molar-refractivity contribution in [2.24, 2.45) is 5.92 Å². The molecule has 1 aromatic rings. The van der Waals surface area contributed by atoms with E-state index in [2.05, 4.69) is 11.6 Å². The molecule has 0 bridgehead atoms. The maximum absolute atomic E-state index is 12.4. The molecule has 166 valence electrons. The van der Waals surface area contributed by atoms with Crippen LogP contribution < -0.4 is 14.2 Å². The van der Waals surface area contributed by atoms with Crippen LogP contribution in [0.15, 0.2) is 23.1 Å². The molecule has 30 heavy (non-hydrogen) atoms. The number of ether oxygens (including phenoxy) is 3. The molecule has 9 nitrogen and oxygen atoms in total. The number of sulfonamides is 1. The number of esters is 1. The Balaban J connectivity index is 1.37. The Morgan fingerprint density at radius 3 is 2.77 bits per heavy atom. The van der Waals surface area contributed by atoms with Crippen molar-refractivity contribution < 1.29 is 32.2 Å². The Morgan fingerprint density at radius 2 is 2.00 bits per heavy atom. The van der Waals surface area contributed by atoms with E-state index in [-0.39, 0.29) is 36.8 Å². The predicted molar refractivity (Wildman–Crippen MR) is 108 cm³/mol. The van der Waals surface area contributed by atoms with Crippen LogP contribution in [0.1, 0.15) is 32.6 Å². The molecule has 2 aliphatic heterocycles. The summed E-state index contributed by atoms with van der Waals surface area (Å²) in [4.78, 5) is 25.7. The smallest absolute Gasteiger partial charge is 0.306 e. The lowest BCUT2D eigenvalue weighted by molar-refractivity contribution is -0.152. The fourth-order valence-corrected chi connectivity index (χ4v) is 4.52. The molecule has 1 saturated heterocycles. The number of piperidine rings is 1. The molecule has 10 heteroatoms. The van der Waals surface area contributed by atoms with Gasteiger partial charge in [0.2, 0.25) is 10.0 Å². The van der Waals surface area contributed by atoms with Crippen LogP contribution >= 0.6 is 0 Å². The second-order valence-corrected chi connectivity index (χ2v) is 9.32. The first kappa shape index (κ1) is 22.4. The van der Waals surface area contributed by atoms with Crippen LogP contribution in [-0.2, 0) is 24.3 Å². The number of rotatable bonds is 8. The largest absolute Gasteiger partial charge is 0.486 e. The summed E-state index contributed by atoms with van der Waals surface area (Å²) < 4.78 is 43.1. The topological polar surface area (TPSA) is 111 Å². The van der Waals surface area contributed by atoms with Gasteiger partial charge in [-0.25, -0.2) is 13.1 Å². The van der Waals surface area contributed by atoms with E-state index in [9.17, 15) is 18.0 Å². The molecule has 1 unspecified atom stereocenters. The normalized spacial score (nSPS) is 18.7. The highest BCUT2D eigenvalue weighted by Gasteiger charge is 2.22. The number of amides is 1. The Kier molecular flexibility index (Phi) is 7.54. The third-order valence-electron chi connectivity index (χ3n) is 5.04. The maximum atomic E-state index is 12.4. The lowest BCUT2D eigenvalue weighted by Crippen LogP contribution is -2.41. The van der Waals surface area contributed by atoms with E-state index in [4.69, 9.17) is 14.2 Å². The lowest BCUT2D eigenvalue weighted by Gasteiger charge is -2.30. The van der Waals surface area contributed by atoms with Gasteiger partial charge in [-0.15, -0.1) is 0 Å². The minimum absolute atomic E-state index is 0.0212. The zero-order chi connectivity index (χ0) is 21.6. The Bertz CT molecular complexity index is 872. The fourth-order valence-electron chi connectivity index (χ4n) is 3.44. The molecular weight excluding hydrogens is 412 g/mol. The average molecular weight is 441 g/mol. The molecule has 2 heterocycles. The highest BCUT2D eigenvalue weighted by atomic mass is 32.2. The van der Waals surface area contributed by atoms with Crippen molar-refractivity contribution in [1.82, 2.24) is 9.62 Å². The van der Waals surface area contributed by atoms with Crippen molar-refractivity contribution >= 4 is 21.9 Å². The van der Waals surface area contributed by atoms with Crippen molar-refractivity contribution in [1.29, 1.82) is 0 Å². The lowest BCUT2D eigenvalue weighted by atomic mass is 10.0. The number of likely N-dealkylation sites (tertiary alicyclic amines) is 1. The Labute approximate surface area is 176 Å². The first-order valence-electron chi connectivity index (χ1n) is 10.2. The SMILES string of the molecule is CC1CCCN(C(=O)COC(=O)CCCNS(=O)(=O)c2ccc3c(c2)OCCO3)C1. The number of benzene rings is 1. The van der Waals surface area contributed by atoms with E-state index in [0.29, 0.717) is 43.7 Å². The summed E-state index contributed by atoms with van der Waals surface area (Å²) in [5.41, 5.74) is 0. The highest BCUT2D eigenvalue weighted by Crippen LogP contribution is 2.32. The summed E-state index contributed by atoms with van der Waals surface area (Å²) in [6.45, 7) is 4.08. The van der Waals surface area contributed by atoms with E-state index >= 15 is 0 Å². The zero-order valence-electron chi connectivity index (χ0n) is 17.1. The summed E-state index contributed by atoms with van der Waals surface area (Å²) in [7, 11) is -3.74. The monoisotopic (exact) mass is 440 g/mol. The molecule has 0 spiro atoms. The number of carbonyl (C=O) groups is 2. The molecule has 1 fully saturated rings. The number of nitrogens with one attached hydrogen (secondary N) is 1. The maximum Gasteiger partial charge on any atom is 0.306 e. The number of hydrogen-bond donors (Lipinski definition) is 1. The van der Waals surface area contributed by atoms with Crippen LogP contribution in [-0.4, -0.2) is 64.6 Å². The summed E-state index contributed by atoms with van der Waals surface area (Å²) in [5.74, 6) is 0.652. The van der Waals surface area contributed by atoms with Gasteiger partial charge in [-0.05, 0) is 37.3 Å². The molecular formula is C20H28N2O7S. The van der Waals surface area contributed by atoms with Crippen LogP contribution in [0.4, 0.5) is 0 Å². The highest BCUT2D eigenvalue weighted by molar-refractivity contribution is 7.89. The van der Waals surface area contributed by atoms with Crippen LogP contribution in [0.25, 0.3) is 0 Å². The van der Waals surface area contributed by atoms with Gasteiger partial charge in [0.15, 0.2) is 18.1 Å². The molecule has 1 N–H and O–H groups in total. The van der Waals surface area contributed by atoms with Gasteiger partial charge in [0.05, 0.1) is 4.90 Å². The van der Waals surface area contributed by atoms with Gasteiger partial charge >= 0.3 is 5.97 Å². The Morgan fingerprint density at radius 1 is 1.23 bits per heavy atom. The molecule has 0 radical (unpaired) electrons. The van der Waals surface area contributed by atoms with Crippen molar-refractivity contribution in [2.45, 2.75) is 37.5 Å². The summed E-state index contributed by atoms with van der Waals surface area (Å²) >= 11 is 0. The van der Waals surface area contributed by atoms with Crippen LogP contribution in [0.5, 0.6) is 11.5 Å². The quantitative estimate of drug-likeness (QED) is 0.479. The summed E-state index contributed by atoms with van der Waals surface area (Å²) in [6.07, 6.45) is 2.35. The van der Waals surface area contributed by atoms with Crippen LogP contribution in [0.2, 0.25) is 0 Å². The minimum Gasteiger partial charge on any atom is -0.486 e. The second-order valence-electron chi connectivity index (χ2n) is 7.55. The van der Waals surface area contributed by atoms with Crippen molar-refractivity contribution in [3.63, 3.8) is 0 Å². The van der Waals surface area contributed by atoms with Crippen molar-refractivity contribution in [3.8, 4) is 11.5 Å². The number of hydrogen-bond acceptors (Lipinski definition) is 7. The van der Waals surface area contributed by atoms with Crippen molar-refractivity contribution in [3.05, 3.63) is 18.2 Å². The van der Waals surface area contributed by atoms with Gasteiger partial charge in [0, 0.05) is 32.1 Å². The van der Waals surface area contributed by atoms with Gasteiger partial charge in [0.25, 0.3) is 5.91 Å². The van der Waals surface area contributed by atoms with E-state index in [1.165, 1.54) is 12.1 Å². The first-order chi connectivity index (χ1) is 14.3. The molecule has 3 rings (SSSR count). The van der Waals surface area contributed by atoms with E-state index in [1.807, 2.05) is 0 Å². The van der Waals surface area contributed by atoms with E-state index < -0.39 is 16.0 Å². The fraction of sp³-hybridized carbons (Fsp3) is 0.600. The van der Waals surface area contributed by atoms with E-state index in [0.717, 1.165) is 12.8 Å². The standard InChI is InChI=1S/C20H28N2O7S/c1-15-4-3-9-22(13-15)19(23)14-29-20(24)5-2-8-21-30(25,26)16-6-7-17-18(12-16)28-11-10-27-17/h6-7,12,15,21H,2-5,8-11,13-14H2,1H3. The third kappa shape index (κ3) is 6.09. The number of carbonyl (C=O) groups excluding carboxylic acids is 2. The summed E-state index contributed by atoms with van der Waals surface area (Å²) in [5, 5.41) is 0. The third-order valence-corrected chi connectivity index (χ3v) is 6.50.